The fourth-order valence-electron chi connectivity index (χ4n) is 3.30. The number of hydrogen-bond acceptors (Lipinski definition) is 4. The molecule has 0 amide bonds. The highest BCUT2D eigenvalue weighted by Gasteiger charge is 2.19. The average molecular weight is 363 g/mol. The van der Waals surface area contributed by atoms with Crippen molar-refractivity contribution < 1.29 is 9.84 Å². The minimum atomic E-state index is 0.265. The number of aliphatic imine (C=N–C) groups is 1. The topological polar surface area (TPSA) is 69.1 Å². The van der Waals surface area contributed by atoms with Gasteiger partial charge < -0.3 is 25.4 Å². The van der Waals surface area contributed by atoms with E-state index in [2.05, 4.69) is 34.4 Å². The second-order valence-corrected chi connectivity index (χ2v) is 6.77. The number of phenols is 1. The Morgan fingerprint density at radius 3 is 2.69 bits per heavy atom. The molecule has 1 saturated heterocycles. The molecule has 0 spiro atoms. The molecule has 0 atom stereocenters. The smallest absolute Gasteiger partial charge is 0.191 e. The number of methoxy groups -OCH3 is 1. The zero-order chi connectivity index (χ0) is 18.8. The Hall–Kier alpha value is -1.95. The predicted molar refractivity (Wildman–Crippen MR) is 107 cm³/mol. The van der Waals surface area contributed by atoms with Crippen molar-refractivity contribution in [3.8, 4) is 11.5 Å². The predicted octanol–water partition coefficient (Wildman–Crippen LogP) is 2.37. The van der Waals surface area contributed by atoms with Crippen molar-refractivity contribution in [3.63, 3.8) is 0 Å². The molecule has 6 nitrogen and oxygen atoms in total. The second kappa shape index (κ2) is 10.9. The SMILES string of the molecule is CCCN1CCC(NC(=NCCc2ccc(OC)cc2O)NCC)CC1. The van der Waals surface area contributed by atoms with Crippen LogP contribution in [0.2, 0.25) is 0 Å². The number of piperidine rings is 1. The molecule has 0 unspecified atom stereocenters. The first-order chi connectivity index (χ1) is 12.7. The van der Waals surface area contributed by atoms with Crippen LogP contribution in [-0.2, 0) is 6.42 Å². The van der Waals surface area contributed by atoms with E-state index < -0.39 is 0 Å². The number of likely N-dealkylation sites (tertiary alicyclic amines) is 1. The van der Waals surface area contributed by atoms with Crippen LogP contribution in [0, 0.1) is 0 Å². The van der Waals surface area contributed by atoms with Gasteiger partial charge in [0.2, 0.25) is 0 Å². The molecule has 1 aromatic rings. The highest BCUT2D eigenvalue weighted by molar-refractivity contribution is 5.80. The summed E-state index contributed by atoms with van der Waals surface area (Å²) in [6, 6.07) is 5.89. The molecular formula is C20H34N4O2. The van der Waals surface area contributed by atoms with Gasteiger partial charge in [-0.25, -0.2) is 0 Å². The summed E-state index contributed by atoms with van der Waals surface area (Å²) in [4.78, 5) is 7.22. The van der Waals surface area contributed by atoms with E-state index in [1.54, 1.807) is 13.2 Å². The van der Waals surface area contributed by atoms with E-state index in [4.69, 9.17) is 4.74 Å². The number of ether oxygens (including phenoxy) is 1. The molecule has 1 aliphatic rings. The lowest BCUT2D eigenvalue weighted by molar-refractivity contribution is 0.206. The van der Waals surface area contributed by atoms with E-state index in [9.17, 15) is 5.11 Å². The van der Waals surface area contributed by atoms with Crippen molar-refractivity contribution in [2.45, 2.75) is 45.6 Å². The Morgan fingerprint density at radius 2 is 2.08 bits per heavy atom. The van der Waals surface area contributed by atoms with E-state index in [0.29, 0.717) is 24.8 Å². The molecule has 6 heteroatoms. The van der Waals surface area contributed by atoms with Gasteiger partial charge in [-0.2, -0.15) is 0 Å². The molecule has 1 fully saturated rings. The maximum absolute atomic E-state index is 10.1. The fourth-order valence-corrected chi connectivity index (χ4v) is 3.30. The van der Waals surface area contributed by atoms with Gasteiger partial charge >= 0.3 is 0 Å². The molecule has 1 aliphatic heterocycles. The molecule has 0 radical (unpaired) electrons. The summed E-state index contributed by atoms with van der Waals surface area (Å²) < 4.78 is 5.12. The minimum Gasteiger partial charge on any atom is -0.508 e. The van der Waals surface area contributed by atoms with Crippen LogP contribution < -0.4 is 15.4 Å². The number of rotatable bonds is 8. The van der Waals surface area contributed by atoms with Crippen LogP contribution in [0.4, 0.5) is 0 Å². The first-order valence-corrected chi connectivity index (χ1v) is 9.79. The molecule has 1 heterocycles. The van der Waals surface area contributed by atoms with Crippen LogP contribution in [0.15, 0.2) is 23.2 Å². The maximum atomic E-state index is 10.1. The van der Waals surface area contributed by atoms with Crippen LogP contribution in [-0.4, -0.2) is 61.8 Å². The molecule has 0 aromatic heterocycles. The van der Waals surface area contributed by atoms with E-state index in [0.717, 1.165) is 44.0 Å². The van der Waals surface area contributed by atoms with Crippen molar-refractivity contribution in [1.82, 2.24) is 15.5 Å². The number of nitrogens with zero attached hydrogens (tertiary/aromatic N) is 2. The van der Waals surface area contributed by atoms with Gasteiger partial charge in [-0.05, 0) is 50.8 Å². The van der Waals surface area contributed by atoms with Gasteiger partial charge in [0.1, 0.15) is 11.5 Å². The average Bonchev–Trinajstić information content (AvgIpc) is 2.65. The molecule has 3 N–H and O–H groups in total. The zero-order valence-corrected chi connectivity index (χ0v) is 16.4. The lowest BCUT2D eigenvalue weighted by Crippen LogP contribution is -2.48. The van der Waals surface area contributed by atoms with Crippen molar-refractivity contribution >= 4 is 5.96 Å². The van der Waals surface area contributed by atoms with Gasteiger partial charge in [0.25, 0.3) is 0 Å². The largest absolute Gasteiger partial charge is 0.508 e. The van der Waals surface area contributed by atoms with Crippen molar-refractivity contribution in [2.75, 3.05) is 39.8 Å². The van der Waals surface area contributed by atoms with Crippen molar-refractivity contribution in [3.05, 3.63) is 23.8 Å². The molecular weight excluding hydrogens is 328 g/mol. The molecule has 2 rings (SSSR count). The molecule has 0 bridgehead atoms. The summed E-state index contributed by atoms with van der Waals surface area (Å²) >= 11 is 0. The van der Waals surface area contributed by atoms with Crippen LogP contribution in [0.5, 0.6) is 11.5 Å². The number of guanidine groups is 1. The number of aromatic hydroxyl groups is 1. The Balaban J connectivity index is 1.84. The Bertz CT molecular complexity index is 569. The van der Waals surface area contributed by atoms with Crippen LogP contribution >= 0.6 is 0 Å². The van der Waals surface area contributed by atoms with Gasteiger partial charge in [-0.3, -0.25) is 4.99 Å². The van der Waals surface area contributed by atoms with E-state index in [1.807, 2.05) is 12.1 Å². The summed E-state index contributed by atoms with van der Waals surface area (Å²) in [5.74, 6) is 1.80. The number of phenolic OH excluding ortho intramolecular Hbond substituents is 1. The quantitative estimate of drug-likeness (QED) is 0.489. The normalized spacial score (nSPS) is 16.5. The molecule has 0 saturated carbocycles. The summed E-state index contributed by atoms with van der Waals surface area (Å²) in [5.41, 5.74) is 0.887. The molecule has 146 valence electrons. The Kier molecular flexibility index (Phi) is 8.54. The highest BCUT2D eigenvalue weighted by atomic mass is 16.5. The number of hydrogen-bond donors (Lipinski definition) is 3. The highest BCUT2D eigenvalue weighted by Crippen LogP contribution is 2.23. The Morgan fingerprint density at radius 1 is 1.31 bits per heavy atom. The van der Waals surface area contributed by atoms with E-state index in [-0.39, 0.29) is 5.75 Å². The van der Waals surface area contributed by atoms with Gasteiger partial charge in [0, 0.05) is 38.3 Å². The van der Waals surface area contributed by atoms with Gasteiger partial charge in [-0.1, -0.05) is 13.0 Å². The summed E-state index contributed by atoms with van der Waals surface area (Å²) in [6.45, 7) is 9.30. The van der Waals surface area contributed by atoms with Gasteiger partial charge in [0.05, 0.1) is 7.11 Å². The maximum Gasteiger partial charge on any atom is 0.191 e. The Labute approximate surface area is 157 Å². The third-order valence-electron chi connectivity index (χ3n) is 4.76. The molecule has 0 aliphatic carbocycles. The van der Waals surface area contributed by atoms with Crippen LogP contribution in [0.3, 0.4) is 0 Å². The lowest BCUT2D eigenvalue weighted by Gasteiger charge is -2.32. The number of benzene rings is 1. The third-order valence-corrected chi connectivity index (χ3v) is 4.76. The standard InChI is InChI=1S/C20H34N4O2/c1-4-12-24-13-9-17(10-14-24)23-20(21-5-2)22-11-8-16-6-7-18(26-3)15-19(16)25/h6-7,15,17,25H,4-5,8-14H2,1-3H3,(H2,21,22,23). The van der Waals surface area contributed by atoms with Gasteiger partial charge in [0.15, 0.2) is 5.96 Å². The van der Waals surface area contributed by atoms with Crippen LogP contribution in [0.25, 0.3) is 0 Å². The first-order valence-electron chi connectivity index (χ1n) is 9.79. The second-order valence-electron chi connectivity index (χ2n) is 6.77. The monoisotopic (exact) mass is 362 g/mol. The van der Waals surface area contributed by atoms with Gasteiger partial charge in [-0.15, -0.1) is 0 Å². The first kappa shape index (κ1) is 20.4. The molecule has 26 heavy (non-hydrogen) atoms. The van der Waals surface area contributed by atoms with E-state index >= 15 is 0 Å². The lowest BCUT2D eigenvalue weighted by atomic mass is 10.1. The van der Waals surface area contributed by atoms with Crippen molar-refractivity contribution in [1.29, 1.82) is 0 Å². The zero-order valence-electron chi connectivity index (χ0n) is 16.4. The summed E-state index contributed by atoms with van der Waals surface area (Å²) in [7, 11) is 1.60. The van der Waals surface area contributed by atoms with Crippen LogP contribution in [0.1, 0.15) is 38.7 Å². The molecule has 1 aromatic carbocycles. The van der Waals surface area contributed by atoms with Crippen molar-refractivity contribution in [2.24, 2.45) is 4.99 Å². The summed E-state index contributed by atoms with van der Waals surface area (Å²) in [6.07, 6.45) is 4.23. The van der Waals surface area contributed by atoms with E-state index in [1.165, 1.54) is 13.0 Å². The summed E-state index contributed by atoms with van der Waals surface area (Å²) in [5, 5.41) is 17.0. The third kappa shape index (κ3) is 6.41. The minimum absolute atomic E-state index is 0.265. The number of nitrogens with one attached hydrogen (secondary N) is 2. The fraction of sp³-hybridized carbons (Fsp3) is 0.650.